The fraction of sp³-hybridized carbons (Fsp3) is 0.350. The summed E-state index contributed by atoms with van der Waals surface area (Å²) in [6.07, 6.45) is 1.81. The minimum atomic E-state index is -0.180. The van der Waals surface area contributed by atoms with E-state index in [0.29, 0.717) is 22.2 Å². The van der Waals surface area contributed by atoms with Crippen molar-refractivity contribution in [3.8, 4) is 11.5 Å². The van der Waals surface area contributed by atoms with Crippen LogP contribution < -0.4 is 20.1 Å². The maximum Gasteiger partial charge on any atom is 0.243 e. The topological polar surface area (TPSA) is 59.6 Å². The Morgan fingerprint density at radius 1 is 1.04 bits per heavy atom. The van der Waals surface area contributed by atoms with Gasteiger partial charge in [0, 0.05) is 17.8 Å². The van der Waals surface area contributed by atoms with Gasteiger partial charge in [-0.25, -0.2) is 0 Å². The molecular weight excluding hydrogens is 352 g/mol. The van der Waals surface area contributed by atoms with E-state index in [0.717, 1.165) is 18.5 Å². The summed E-state index contributed by atoms with van der Waals surface area (Å²) in [5, 5.41) is 6.54. The number of rotatable bonds is 8. The van der Waals surface area contributed by atoms with Gasteiger partial charge in [0.25, 0.3) is 0 Å². The molecule has 0 fully saturated rings. The molecule has 0 aliphatic heterocycles. The Balaban J connectivity index is 2.13. The number of methoxy groups -OCH3 is 2. The fourth-order valence-electron chi connectivity index (χ4n) is 2.79. The van der Waals surface area contributed by atoms with Gasteiger partial charge < -0.3 is 20.1 Å². The van der Waals surface area contributed by atoms with E-state index in [1.54, 1.807) is 12.1 Å². The lowest BCUT2D eigenvalue weighted by Crippen LogP contribution is -2.23. The van der Waals surface area contributed by atoms with E-state index in [4.69, 9.17) is 21.1 Å². The summed E-state index contributed by atoms with van der Waals surface area (Å²) in [6, 6.07) is 9.47. The lowest BCUT2D eigenvalue weighted by Gasteiger charge is -2.16. The lowest BCUT2D eigenvalue weighted by atomic mass is 10.0. The molecule has 0 aliphatic rings. The summed E-state index contributed by atoms with van der Waals surface area (Å²) in [5.74, 6) is 0.772. The molecule has 0 unspecified atom stereocenters. The summed E-state index contributed by atoms with van der Waals surface area (Å²) in [4.78, 5) is 12.4. The zero-order valence-electron chi connectivity index (χ0n) is 15.6. The maximum atomic E-state index is 12.4. The van der Waals surface area contributed by atoms with Gasteiger partial charge in [-0.2, -0.15) is 0 Å². The first kappa shape index (κ1) is 19.9. The van der Waals surface area contributed by atoms with Crippen LogP contribution in [0.1, 0.15) is 25.0 Å². The van der Waals surface area contributed by atoms with E-state index in [-0.39, 0.29) is 12.5 Å². The first-order valence-corrected chi connectivity index (χ1v) is 8.97. The monoisotopic (exact) mass is 376 g/mol. The Morgan fingerprint density at radius 3 is 2.19 bits per heavy atom. The molecule has 0 aliphatic carbocycles. The summed E-state index contributed by atoms with van der Waals surface area (Å²) < 4.78 is 10.5. The number of amides is 1. The molecule has 6 heteroatoms. The van der Waals surface area contributed by atoms with Gasteiger partial charge >= 0.3 is 0 Å². The highest BCUT2D eigenvalue weighted by Gasteiger charge is 2.13. The van der Waals surface area contributed by atoms with Crippen molar-refractivity contribution in [3.63, 3.8) is 0 Å². The SMILES string of the molecule is CCc1cccc(CC)c1NCC(=O)Nc1cc(OC)c(Cl)cc1OC. The molecule has 2 N–H and O–H groups in total. The van der Waals surface area contributed by atoms with Gasteiger partial charge in [-0.05, 0) is 24.0 Å². The highest BCUT2D eigenvalue weighted by Crippen LogP contribution is 2.35. The van der Waals surface area contributed by atoms with E-state index >= 15 is 0 Å². The third-order valence-electron chi connectivity index (χ3n) is 4.17. The predicted molar refractivity (Wildman–Crippen MR) is 107 cm³/mol. The van der Waals surface area contributed by atoms with Gasteiger partial charge in [-0.1, -0.05) is 43.6 Å². The van der Waals surface area contributed by atoms with Crippen LogP contribution in [0.4, 0.5) is 11.4 Å². The molecule has 2 aromatic carbocycles. The molecule has 0 saturated carbocycles. The summed E-state index contributed by atoms with van der Waals surface area (Å²) in [6.45, 7) is 4.36. The minimum Gasteiger partial charge on any atom is -0.495 e. The molecule has 5 nitrogen and oxygen atoms in total. The Bertz CT molecular complexity index is 756. The molecule has 0 radical (unpaired) electrons. The van der Waals surface area contributed by atoms with Crippen LogP contribution in [0.15, 0.2) is 30.3 Å². The second-order valence-corrected chi connectivity index (χ2v) is 6.15. The fourth-order valence-corrected chi connectivity index (χ4v) is 3.02. The van der Waals surface area contributed by atoms with Crippen LogP contribution in [0.2, 0.25) is 5.02 Å². The van der Waals surface area contributed by atoms with E-state index in [9.17, 15) is 4.79 Å². The van der Waals surface area contributed by atoms with Crippen molar-refractivity contribution in [2.24, 2.45) is 0 Å². The first-order chi connectivity index (χ1) is 12.5. The summed E-state index contributed by atoms with van der Waals surface area (Å²) in [5.41, 5.74) is 3.94. The molecule has 0 spiro atoms. The number of nitrogens with one attached hydrogen (secondary N) is 2. The predicted octanol–water partition coefficient (Wildman–Crippen LogP) is 4.53. The maximum absolute atomic E-state index is 12.4. The molecule has 0 heterocycles. The largest absolute Gasteiger partial charge is 0.495 e. The number of carbonyl (C=O) groups is 1. The average molecular weight is 377 g/mol. The van der Waals surface area contributed by atoms with Crippen molar-refractivity contribution in [3.05, 3.63) is 46.5 Å². The van der Waals surface area contributed by atoms with Crippen LogP contribution >= 0.6 is 11.6 Å². The zero-order chi connectivity index (χ0) is 19.1. The molecule has 2 aromatic rings. The number of aryl methyl sites for hydroxylation is 2. The second-order valence-electron chi connectivity index (χ2n) is 5.75. The second kappa shape index (κ2) is 9.34. The standard InChI is InChI=1S/C20H25ClN2O3/c1-5-13-8-7-9-14(6-2)20(13)22-12-19(24)23-16-11-17(25-3)15(21)10-18(16)26-4/h7-11,22H,5-6,12H2,1-4H3,(H,23,24). The molecule has 0 atom stereocenters. The number of para-hydroxylation sites is 1. The van der Waals surface area contributed by atoms with E-state index in [2.05, 4.69) is 36.6 Å². The van der Waals surface area contributed by atoms with Crippen molar-refractivity contribution >= 4 is 28.9 Å². The molecule has 2 rings (SSSR count). The highest BCUT2D eigenvalue weighted by molar-refractivity contribution is 6.32. The number of ether oxygens (including phenoxy) is 2. The van der Waals surface area contributed by atoms with Gasteiger partial charge in [-0.3, -0.25) is 4.79 Å². The van der Waals surface area contributed by atoms with Crippen LogP contribution in [0.5, 0.6) is 11.5 Å². The smallest absolute Gasteiger partial charge is 0.243 e. The van der Waals surface area contributed by atoms with Crippen molar-refractivity contribution < 1.29 is 14.3 Å². The average Bonchev–Trinajstić information content (AvgIpc) is 2.66. The zero-order valence-corrected chi connectivity index (χ0v) is 16.4. The summed E-state index contributed by atoms with van der Waals surface area (Å²) >= 11 is 6.09. The molecular formula is C20H25ClN2O3. The summed E-state index contributed by atoms with van der Waals surface area (Å²) in [7, 11) is 3.05. The Labute approximate surface area is 159 Å². The number of benzene rings is 2. The molecule has 0 bridgehead atoms. The molecule has 0 aromatic heterocycles. The highest BCUT2D eigenvalue weighted by atomic mass is 35.5. The van der Waals surface area contributed by atoms with E-state index in [1.807, 2.05) is 6.07 Å². The van der Waals surface area contributed by atoms with Crippen LogP contribution in [0, 0.1) is 0 Å². The first-order valence-electron chi connectivity index (χ1n) is 8.59. The van der Waals surface area contributed by atoms with Gasteiger partial charge in [0.2, 0.25) is 5.91 Å². The van der Waals surface area contributed by atoms with Crippen molar-refractivity contribution in [2.75, 3.05) is 31.4 Å². The van der Waals surface area contributed by atoms with Crippen LogP contribution in [-0.4, -0.2) is 26.7 Å². The number of hydrogen-bond donors (Lipinski definition) is 2. The van der Waals surface area contributed by atoms with Gasteiger partial charge in [-0.15, -0.1) is 0 Å². The van der Waals surface area contributed by atoms with Crippen molar-refractivity contribution in [1.29, 1.82) is 0 Å². The Kier molecular flexibility index (Phi) is 7.16. The van der Waals surface area contributed by atoms with E-state index in [1.165, 1.54) is 25.3 Å². The van der Waals surface area contributed by atoms with Crippen LogP contribution in [0.3, 0.4) is 0 Å². The van der Waals surface area contributed by atoms with Crippen LogP contribution in [0.25, 0.3) is 0 Å². The quantitative estimate of drug-likeness (QED) is 0.710. The van der Waals surface area contributed by atoms with Crippen molar-refractivity contribution in [1.82, 2.24) is 0 Å². The Morgan fingerprint density at radius 2 is 1.65 bits per heavy atom. The minimum absolute atomic E-state index is 0.151. The molecule has 0 saturated heterocycles. The number of halogens is 1. The van der Waals surface area contributed by atoms with Gasteiger partial charge in [0.1, 0.15) is 11.5 Å². The van der Waals surface area contributed by atoms with Crippen LogP contribution in [-0.2, 0) is 17.6 Å². The molecule has 1 amide bonds. The number of carbonyl (C=O) groups excluding carboxylic acids is 1. The van der Waals surface area contributed by atoms with Gasteiger partial charge in [0.05, 0.1) is 31.5 Å². The number of anilines is 2. The molecule has 26 heavy (non-hydrogen) atoms. The Hall–Kier alpha value is -2.40. The third kappa shape index (κ3) is 4.61. The normalized spacial score (nSPS) is 10.3. The van der Waals surface area contributed by atoms with Gasteiger partial charge in [0.15, 0.2) is 0 Å². The molecule has 140 valence electrons. The van der Waals surface area contributed by atoms with Crippen molar-refractivity contribution in [2.45, 2.75) is 26.7 Å². The number of hydrogen-bond acceptors (Lipinski definition) is 4. The third-order valence-corrected chi connectivity index (χ3v) is 4.47. The van der Waals surface area contributed by atoms with E-state index < -0.39 is 0 Å². The lowest BCUT2D eigenvalue weighted by molar-refractivity contribution is -0.114.